The van der Waals surface area contributed by atoms with Crippen LogP contribution in [0.4, 0.5) is 0 Å². The summed E-state index contributed by atoms with van der Waals surface area (Å²) in [6.45, 7) is 10.1. The van der Waals surface area contributed by atoms with Gasteiger partial charge in [-0.2, -0.15) is 0 Å². The first-order valence-corrected chi connectivity index (χ1v) is 7.95. The summed E-state index contributed by atoms with van der Waals surface area (Å²) in [4.78, 5) is 10.4. The van der Waals surface area contributed by atoms with E-state index < -0.39 is 5.97 Å². The van der Waals surface area contributed by atoms with Crippen molar-refractivity contribution in [2.24, 2.45) is 5.41 Å². The molecular formula is C20H27O3-. The third-order valence-electron chi connectivity index (χ3n) is 4.27. The Morgan fingerprint density at radius 2 is 1.91 bits per heavy atom. The molecule has 3 heteroatoms. The van der Waals surface area contributed by atoms with E-state index in [-0.39, 0.29) is 11.5 Å². The van der Waals surface area contributed by atoms with Crippen molar-refractivity contribution in [1.82, 2.24) is 0 Å². The van der Waals surface area contributed by atoms with Crippen molar-refractivity contribution in [3.63, 3.8) is 0 Å². The number of allylic oxidation sites excluding steroid dienone is 8. The number of carboxylic acid groups (broad SMARTS) is 1. The zero-order valence-electron chi connectivity index (χ0n) is 14.7. The topological polar surface area (TPSA) is 60.4 Å². The summed E-state index contributed by atoms with van der Waals surface area (Å²) in [5, 5.41) is 20.5. The van der Waals surface area contributed by atoms with Crippen molar-refractivity contribution in [2.45, 2.75) is 53.6 Å². The second-order valence-corrected chi connectivity index (χ2v) is 6.85. The van der Waals surface area contributed by atoms with Gasteiger partial charge in [-0.1, -0.05) is 49.8 Å². The Bertz CT molecular complexity index is 598. The molecule has 0 aromatic carbocycles. The van der Waals surface area contributed by atoms with E-state index in [0.717, 1.165) is 30.1 Å². The van der Waals surface area contributed by atoms with Crippen molar-refractivity contribution >= 4 is 5.97 Å². The fourth-order valence-electron chi connectivity index (χ4n) is 2.78. The van der Waals surface area contributed by atoms with E-state index in [4.69, 9.17) is 0 Å². The summed E-state index contributed by atoms with van der Waals surface area (Å²) in [5.41, 5.74) is 4.00. The molecule has 0 radical (unpaired) electrons. The average Bonchev–Trinajstić information content (AvgIpc) is 2.42. The molecule has 1 atom stereocenters. The number of aliphatic hydroxyl groups is 1. The number of rotatable bonds is 5. The van der Waals surface area contributed by atoms with E-state index in [1.54, 1.807) is 13.0 Å². The summed E-state index contributed by atoms with van der Waals surface area (Å²) in [6.07, 6.45) is 12.1. The lowest BCUT2D eigenvalue weighted by atomic mass is 9.71. The molecule has 0 fully saturated rings. The first-order valence-electron chi connectivity index (χ1n) is 7.95. The smallest absolute Gasteiger partial charge is 0.0753 e. The highest BCUT2D eigenvalue weighted by Gasteiger charge is 2.30. The second kappa shape index (κ2) is 8.11. The molecule has 0 aromatic rings. The van der Waals surface area contributed by atoms with Crippen LogP contribution < -0.4 is 5.11 Å². The van der Waals surface area contributed by atoms with Crippen LogP contribution in [0.3, 0.4) is 0 Å². The highest BCUT2D eigenvalue weighted by atomic mass is 16.4. The van der Waals surface area contributed by atoms with Gasteiger partial charge < -0.3 is 15.0 Å². The molecule has 0 amide bonds. The molecule has 0 saturated carbocycles. The molecule has 0 aromatic heterocycles. The minimum absolute atomic E-state index is 0.0732. The molecule has 126 valence electrons. The molecule has 1 aliphatic carbocycles. The number of hydrogen-bond acceptors (Lipinski definition) is 3. The highest BCUT2D eigenvalue weighted by Crippen LogP contribution is 2.40. The van der Waals surface area contributed by atoms with Crippen molar-refractivity contribution < 1.29 is 15.0 Å². The van der Waals surface area contributed by atoms with Crippen molar-refractivity contribution in [3.05, 3.63) is 58.7 Å². The quantitative estimate of drug-likeness (QED) is 0.626. The van der Waals surface area contributed by atoms with E-state index in [0.29, 0.717) is 5.57 Å². The minimum atomic E-state index is -1.19. The summed E-state index contributed by atoms with van der Waals surface area (Å²) in [7, 11) is 0. The van der Waals surface area contributed by atoms with Gasteiger partial charge in [-0.15, -0.1) is 0 Å². The molecule has 0 bridgehead atoms. The van der Waals surface area contributed by atoms with Crippen LogP contribution >= 0.6 is 0 Å². The zero-order valence-corrected chi connectivity index (χ0v) is 14.7. The molecule has 1 unspecified atom stereocenters. The lowest BCUT2D eigenvalue weighted by Crippen LogP contribution is -2.27. The summed E-state index contributed by atoms with van der Waals surface area (Å²) in [5.74, 6) is -1.19. The predicted octanol–water partition coefficient (Wildman–Crippen LogP) is 3.24. The van der Waals surface area contributed by atoms with Crippen molar-refractivity contribution in [2.75, 3.05) is 0 Å². The number of hydrogen-bond donors (Lipinski definition) is 1. The number of carbonyl (C=O) groups excluding carboxylic acids is 1. The molecule has 3 nitrogen and oxygen atoms in total. The first kappa shape index (κ1) is 19.2. The summed E-state index contributed by atoms with van der Waals surface area (Å²) < 4.78 is 0. The van der Waals surface area contributed by atoms with Gasteiger partial charge in [0.15, 0.2) is 0 Å². The molecule has 0 saturated heterocycles. The Labute approximate surface area is 139 Å². The molecule has 1 aliphatic rings. The highest BCUT2D eigenvalue weighted by molar-refractivity contribution is 5.79. The second-order valence-electron chi connectivity index (χ2n) is 6.85. The Balaban J connectivity index is 2.87. The number of aliphatic hydroxyl groups excluding tert-OH is 1. The average molecular weight is 315 g/mol. The third kappa shape index (κ3) is 6.03. The Kier molecular flexibility index (Phi) is 6.77. The van der Waals surface area contributed by atoms with Gasteiger partial charge in [0.2, 0.25) is 0 Å². The lowest BCUT2D eigenvalue weighted by molar-refractivity contribution is -0.297. The molecule has 1 rings (SSSR count). The van der Waals surface area contributed by atoms with Gasteiger partial charge in [0.25, 0.3) is 0 Å². The Morgan fingerprint density at radius 3 is 2.52 bits per heavy atom. The van der Waals surface area contributed by atoms with Crippen LogP contribution in [-0.4, -0.2) is 17.2 Å². The third-order valence-corrected chi connectivity index (χ3v) is 4.27. The summed E-state index contributed by atoms with van der Waals surface area (Å²) in [6, 6.07) is 0. The molecule has 23 heavy (non-hydrogen) atoms. The number of carboxylic acids is 1. The van der Waals surface area contributed by atoms with E-state index in [1.807, 2.05) is 32.1 Å². The Hall–Kier alpha value is -1.87. The van der Waals surface area contributed by atoms with Gasteiger partial charge >= 0.3 is 0 Å². The summed E-state index contributed by atoms with van der Waals surface area (Å²) >= 11 is 0. The maximum Gasteiger partial charge on any atom is 0.0753 e. The SMILES string of the molecule is CC1=C(/C=C/C(C)=C\C=C\C(C)=C\C(=O)[O-])C(C)(C)CCC1O. The molecule has 0 heterocycles. The van der Waals surface area contributed by atoms with Crippen molar-refractivity contribution in [3.8, 4) is 0 Å². The lowest BCUT2D eigenvalue weighted by Gasteiger charge is -2.35. The fourth-order valence-corrected chi connectivity index (χ4v) is 2.78. The standard InChI is InChI=1S/C20H28O3/c1-14(7-6-8-15(2)13-19(22)23)9-10-17-16(3)18(21)11-12-20(17,4)5/h6-10,13,18,21H,11-12H2,1-5H3,(H,22,23)/p-1/b8-6+,10-9+,14-7-,15-13+. The normalized spacial score (nSPS) is 23.1. The largest absolute Gasteiger partial charge is 0.545 e. The van der Waals surface area contributed by atoms with Crippen LogP contribution in [0.1, 0.15) is 47.5 Å². The van der Waals surface area contributed by atoms with Crippen LogP contribution in [0.2, 0.25) is 0 Å². The van der Waals surface area contributed by atoms with E-state index in [9.17, 15) is 15.0 Å². The van der Waals surface area contributed by atoms with Gasteiger partial charge in [-0.25, -0.2) is 0 Å². The van der Waals surface area contributed by atoms with E-state index in [2.05, 4.69) is 19.9 Å². The van der Waals surface area contributed by atoms with Crippen LogP contribution in [-0.2, 0) is 4.79 Å². The molecule has 0 spiro atoms. The Morgan fingerprint density at radius 1 is 1.26 bits per heavy atom. The van der Waals surface area contributed by atoms with Crippen molar-refractivity contribution in [1.29, 1.82) is 0 Å². The monoisotopic (exact) mass is 315 g/mol. The van der Waals surface area contributed by atoms with Crippen LogP contribution in [0.25, 0.3) is 0 Å². The van der Waals surface area contributed by atoms with E-state index >= 15 is 0 Å². The van der Waals surface area contributed by atoms with Gasteiger partial charge in [0, 0.05) is 0 Å². The number of carbonyl (C=O) groups is 1. The van der Waals surface area contributed by atoms with E-state index in [1.165, 1.54) is 5.57 Å². The molecular weight excluding hydrogens is 288 g/mol. The predicted molar refractivity (Wildman–Crippen MR) is 92.5 cm³/mol. The van der Waals surface area contributed by atoms with Crippen LogP contribution in [0.5, 0.6) is 0 Å². The van der Waals surface area contributed by atoms with Gasteiger partial charge in [-0.05, 0) is 61.8 Å². The zero-order chi connectivity index (χ0) is 17.6. The van der Waals surface area contributed by atoms with Gasteiger partial charge in [0.05, 0.1) is 12.1 Å². The first-order chi connectivity index (χ1) is 10.6. The maximum absolute atomic E-state index is 10.4. The molecule has 0 aliphatic heterocycles. The molecule has 1 N–H and O–H groups in total. The van der Waals surface area contributed by atoms with Crippen LogP contribution in [0, 0.1) is 5.41 Å². The maximum atomic E-state index is 10.4. The van der Waals surface area contributed by atoms with Gasteiger partial charge in [0.1, 0.15) is 0 Å². The van der Waals surface area contributed by atoms with Gasteiger partial charge in [-0.3, -0.25) is 0 Å². The minimum Gasteiger partial charge on any atom is -0.545 e. The van der Waals surface area contributed by atoms with Crippen LogP contribution in [0.15, 0.2) is 58.7 Å². The number of aliphatic carboxylic acids is 1. The fraction of sp³-hybridized carbons (Fsp3) is 0.450.